The predicted octanol–water partition coefficient (Wildman–Crippen LogP) is 0.977. The number of amides is 2. The fourth-order valence-corrected chi connectivity index (χ4v) is 2.29. The summed E-state index contributed by atoms with van der Waals surface area (Å²) in [4.78, 5) is 26.3. The van der Waals surface area contributed by atoms with Crippen LogP contribution in [0.15, 0.2) is 0 Å². The third-order valence-electron chi connectivity index (χ3n) is 3.58. The van der Waals surface area contributed by atoms with Gasteiger partial charge in [0.05, 0.1) is 6.42 Å². The lowest BCUT2D eigenvalue weighted by Crippen LogP contribution is -2.46. The average Bonchev–Trinajstić information content (AvgIpc) is 2.90. The molecule has 0 saturated carbocycles. The Morgan fingerprint density at radius 2 is 2.00 bits per heavy atom. The minimum absolute atomic E-state index is 0.0110. The summed E-state index contributed by atoms with van der Waals surface area (Å²) < 4.78 is 0. The summed E-state index contributed by atoms with van der Waals surface area (Å²) >= 11 is 0. The van der Waals surface area contributed by atoms with Crippen molar-refractivity contribution in [1.29, 1.82) is 0 Å². The first-order chi connectivity index (χ1) is 9.04. The Morgan fingerprint density at radius 3 is 2.53 bits per heavy atom. The fraction of sp³-hybridized carbons (Fsp3) is 0.846. The van der Waals surface area contributed by atoms with Gasteiger partial charge in [0.15, 0.2) is 0 Å². The van der Waals surface area contributed by atoms with Gasteiger partial charge in [-0.3, -0.25) is 9.69 Å². The topological polar surface area (TPSA) is 72.9 Å². The van der Waals surface area contributed by atoms with E-state index >= 15 is 0 Å². The number of carboxylic acids is 1. The Hall–Kier alpha value is -1.30. The van der Waals surface area contributed by atoms with Crippen molar-refractivity contribution in [2.45, 2.75) is 39.2 Å². The molecule has 1 atom stereocenters. The molecular weight excluding hydrogens is 246 g/mol. The molecule has 19 heavy (non-hydrogen) atoms. The number of carbonyl (C=O) groups excluding carboxylic acids is 1. The van der Waals surface area contributed by atoms with Gasteiger partial charge in [0.2, 0.25) is 0 Å². The van der Waals surface area contributed by atoms with Gasteiger partial charge in [0.25, 0.3) is 0 Å². The predicted molar refractivity (Wildman–Crippen MR) is 73.2 cm³/mol. The molecule has 0 radical (unpaired) electrons. The number of hydrogen-bond acceptors (Lipinski definition) is 3. The molecule has 0 aromatic heterocycles. The molecule has 1 unspecified atom stereocenters. The molecule has 1 rings (SSSR count). The van der Waals surface area contributed by atoms with Crippen LogP contribution in [0.1, 0.15) is 33.1 Å². The number of carboxylic acid groups (broad SMARTS) is 1. The van der Waals surface area contributed by atoms with Crippen molar-refractivity contribution in [2.24, 2.45) is 0 Å². The molecule has 1 aliphatic rings. The molecule has 1 heterocycles. The van der Waals surface area contributed by atoms with Crippen molar-refractivity contribution >= 4 is 12.0 Å². The molecule has 110 valence electrons. The number of nitrogens with one attached hydrogen (secondary N) is 1. The molecule has 0 aromatic carbocycles. The molecule has 0 bridgehead atoms. The van der Waals surface area contributed by atoms with Gasteiger partial charge in [0, 0.05) is 25.7 Å². The SMILES string of the molecule is CCN(CCC(=O)O)C(=O)NCC(C)N1CCCC1. The largest absolute Gasteiger partial charge is 0.481 e. The number of nitrogens with zero attached hydrogens (tertiary/aromatic N) is 2. The van der Waals surface area contributed by atoms with E-state index in [-0.39, 0.29) is 19.0 Å². The van der Waals surface area contributed by atoms with E-state index in [0.29, 0.717) is 19.1 Å². The lowest BCUT2D eigenvalue weighted by atomic mass is 10.3. The average molecular weight is 271 g/mol. The van der Waals surface area contributed by atoms with Crippen LogP contribution < -0.4 is 5.32 Å². The standard InChI is InChI=1S/C13H25N3O3/c1-3-15(9-6-12(17)18)13(19)14-10-11(2)16-7-4-5-8-16/h11H,3-10H2,1-2H3,(H,14,19)(H,17,18). The highest BCUT2D eigenvalue weighted by Gasteiger charge is 2.19. The van der Waals surface area contributed by atoms with E-state index in [0.717, 1.165) is 13.1 Å². The van der Waals surface area contributed by atoms with E-state index < -0.39 is 5.97 Å². The summed E-state index contributed by atoms with van der Waals surface area (Å²) in [5.41, 5.74) is 0. The first-order valence-corrected chi connectivity index (χ1v) is 7.03. The third kappa shape index (κ3) is 5.46. The zero-order chi connectivity index (χ0) is 14.3. The fourth-order valence-electron chi connectivity index (χ4n) is 2.29. The Kier molecular flexibility index (Phi) is 6.62. The maximum atomic E-state index is 11.9. The molecule has 1 saturated heterocycles. The van der Waals surface area contributed by atoms with Crippen molar-refractivity contribution in [1.82, 2.24) is 15.1 Å². The highest BCUT2D eigenvalue weighted by Crippen LogP contribution is 2.10. The van der Waals surface area contributed by atoms with Gasteiger partial charge in [0.1, 0.15) is 0 Å². The first-order valence-electron chi connectivity index (χ1n) is 7.03. The van der Waals surface area contributed by atoms with E-state index in [1.165, 1.54) is 17.7 Å². The van der Waals surface area contributed by atoms with Gasteiger partial charge >= 0.3 is 12.0 Å². The summed E-state index contributed by atoms with van der Waals surface area (Å²) in [5, 5.41) is 11.5. The summed E-state index contributed by atoms with van der Waals surface area (Å²) in [6.07, 6.45) is 2.46. The van der Waals surface area contributed by atoms with Crippen LogP contribution in [0.25, 0.3) is 0 Å². The Labute approximate surface area is 114 Å². The lowest BCUT2D eigenvalue weighted by molar-refractivity contribution is -0.137. The first kappa shape index (κ1) is 15.8. The van der Waals surface area contributed by atoms with Crippen molar-refractivity contribution in [3.8, 4) is 0 Å². The van der Waals surface area contributed by atoms with Gasteiger partial charge in [-0.15, -0.1) is 0 Å². The van der Waals surface area contributed by atoms with Gasteiger partial charge < -0.3 is 15.3 Å². The molecule has 6 nitrogen and oxygen atoms in total. The van der Waals surface area contributed by atoms with Crippen LogP contribution in [-0.2, 0) is 4.79 Å². The second-order valence-corrected chi connectivity index (χ2v) is 5.00. The molecular formula is C13H25N3O3. The Morgan fingerprint density at radius 1 is 1.37 bits per heavy atom. The zero-order valence-electron chi connectivity index (χ0n) is 11.9. The second-order valence-electron chi connectivity index (χ2n) is 5.00. The molecule has 2 amide bonds. The van der Waals surface area contributed by atoms with Gasteiger partial charge in [-0.2, -0.15) is 0 Å². The molecule has 1 aliphatic heterocycles. The summed E-state index contributed by atoms with van der Waals surface area (Å²) in [5.74, 6) is -0.878. The van der Waals surface area contributed by atoms with Gasteiger partial charge in [-0.1, -0.05) is 0 Å². The van der Waals surface area contributed by atoms with Crippen molar-refractivity contribution in [2.75, 3.05) is 32.7 Å². The highest BCUT2D eigenvalue weighted by molar-refractivity contribution is 5.75. The van der Waals surface area contributed by atoms with E-state index in [2.05, 4.69) is 17.1 Å². The number of likely N-dealkylation sites (tertiary alicyclic amines) is 1. The molecule has 1 fully saturated rings. The molecule has 0 aromatic rings. The summed E-state index contributed by atoms with van der Waals surface area (Å²) in [6.45, 7) is 7.57. The molecule has 2 N–H and O–H groups in total. The minimum Gasteiger partial charge on any atom is -0.481 e. The smallest absolute Gasteiger partial charge is 0.317 e. The quantitative estimate of drug-likeness (QED) is 0.724. The minimum atomic E-state index is -0.878. The molecule has 0 spiro atoms. The monoisotopic (exact) mass is 271 g/mol. The number of urea groups is 1. The van der Waals surface area contributed by atoms with E-state index in [1.54, 1.807) is 0 Å². The normalized spacial score (nSPS) is 17.2. The maximum Gasteiger partial charge on any atom is 0.317 e. The van der Waals surface area contributed by atoms with Crippen LogP contribution in [0.5, 0.6) is 0 Å². The number of aliphatic carboxylic acids is 1. The maximum absolute atomic E-state index is 11.9. The Balaban J connectivity index is 2.29. The van der Waals surface area contributed by atoms with Crippen LogP contribution in [0.3, 0.4) is 0 Å². The zero-order valence-corrected chi connectivity index (χ0v) is 11.9. The van der Waals surface area contributed by atoms with Crippen molar-refractivity contribution < 1.29 is 14.7 Å². The van der Waals surface area contributed by atoms with Gasteiger partial charge in [-0.05, 0) is 39.8 Å². The lowest BCUT2D eigenvalue weighted by Gasteiger charge is -2.26. The summed E-state index contributed by atoms with van der Waals surface area (Å²) in [7, 11) is 0. The number of carbonyl (C=O) groups is 2. The van der Waals surface area contributed by atoms with Crippen LogP contribution in [0.2, 0.25) is 0 Å². The van der Waals surface area contributed by atoms with Crippen LogP contribution in [0.4, 0.5) is 4.79 Å². The molecule has 0 aliphatic carbocycles. The van der Waals surface area contributed by atoms with E-state index in [1.807, 2.05) is 6.92 Å². The Bertz CT molecular complexity index is 304. The highest BCUT2D eigenvalue weighted by atomic mass is 16.4. The van der Waals surface area contributed by atoms with Crippen LogP contribution in [-0.4, -0.2) is 65.7 Å². The van der Waals surface area contributed by atoms with Crippen molar-refractivity contribution in [3.63, 3.8) is 0 Å². The number of hydrogen-bond donors (Lipinski definition) is 2. The molecule has 6 heteroatoms. The van der Waals surface area contributed by atoms with Gasteiger partial charge in [-0.25, -0.2) is 4.79 Å². The van der Waals surface area contributed by atoms with Crippen molar-refractivity contribution in [3.05, 3.63) is 0 Å². The third-order valence-corrected chi connectivity index (χ3v) is 3.58. The van der Waals surface area contributed by atoms with E-state index in [9.17, 15) is 9.59 Å². The number of rotatable bonds is 7. The van der Waals surface area contributed by atoms with E-state index in [4.69, 9.17) is 5.11 Å². The van der Waals surface area contributed by atoms with Crippen LogP contribution >= 0.6 is 0 Å². The summed E-state index contributed by atoms with van der Waals surface area (Å²) in [6, 6.07) is 0.166. The second kappa shape index (κ2) is 7.99. The van der Waals surface area contributed by atoms with Crippen LogP contribution in [0, 0.1) is 0 Å².